The van der Waals surface area contributed by atoms with Gasteiger partial charge >= 0.3 is 0 Å². The van der Waals surface area contributed by atoms with Gasteiger partial charge in [0.2, 0.25) is 0 Å². The Kier molecular flexibility index (Phi) is 44.4. The minimum absolute atomic E-state index is 0.519. The second-order valence-electron chi connectivity index (χ2n) is 9.56. The molecule has 0 aliphatic rings. The lowest BCUT2D eigenvalue weighted by Gasteiger charge is -2.09. The van der Waals surface area contributed by atoms with Crippen LogP contribution in [0.5, 0.6) is 0 Å². The quantitative estimate of drug-likeness (QED) is 0.0557. The van der Waals surface area contributed by atoms with Gasteiger partial charge in [-0.3, -0.25) is 0 Å². The van der Waals surface area contributed by atoms with Gasteiger partial charge in [0.1, 0.15) is 0 Å². The molecule has 13 nitrogen and oxygen atoms in total. The van der Waals surface area contributed by atoms with Crippen LogP contribution in [0.15, 0.2) is 0 Å². The molecule has 0 atom stereocenters. The molecule has 0 aliphatic heterocycles. The van der Waals surface area contributed by atoms with Crippen molar-refractivity contribution in [2.45, 2.75) is 25.7 Å². The van der Waals surface area contributed by atoms with Gasteiger partial charge in [0, 0.05) is 13.2 Å². The third-order valence-electron chi connectivity index (χ3n) is 5.76. The van der Waals surface area contributed by atoms with Crippen LogP contribution < -0.4 is 5.32 Å². The molecule has 0 spiro atoms. The molecule has 0 amide bonds. The van der Waals surface area contributed by atoms with Gasteiger partial charge < -0.3 is 62.2 Å². The summed E-state index contributed by atoms with van der Waals surface area (Å²) in [4.78, 5) is 0. The number of alkyl halides is 1. The summed E-state index contributed by atoms with van der Waals surface area (Å²) in [5.74, 6) is 0. The van der Waals surface area contributed by atoms with E-state index in [-0.39, 0.29) is 0 Å². The minimum atomic E-state index is 0.519. The molecule has 0 rings (SSSR count). The van der Waals surface area contributed by atoms with Crippen LogP contribution in [0.25, 0.3) is 0 Å². The van der Waals surface area contributed by atoms with E-state index in [0.717, 1.165) is 19.6 Å². The number of ether oxygens (including phenoxy) is 12. The monoisotopic (exact) mass is 769 g/mol. The first-order chi connectivity index (χ1) is 22.4. The van der Waals surface area contributed by atoms with E-state index in [4.69, 9.17) is 56.8 Å². The van der Waals surface area contributed by atoms with Crippen LogP contribution >= 0.6 is 22.6 Å². The predicted octanol–water partition coefficient (Wildman–Crippen LogP) is 2.40. The molecule has 1 N–H and O–H groups in total. The van der Waals surface area contributed by atoms with Gasteiger partial charge in [0.05, 0.1) is 152 Å². The van der Waals surface area contributed by atoms with Gasteiger partial charge in [0.25, 0.3) is 0 Å². The second kappa shape index (κ2) is 44.2. The number of likely N-dealkylation sites (N-methyl/N-ethyl adjacent to an activating group) is 1. The van der Waals surface area contributed by atoms with Gasteiger partial charge in [-0.25, -0.2) is 0 Å². The van der Waals surface area contributed by atoms with Gasteiger partial charge in [0.15, 0.2) is 0 Å². The van der Waals surface area contributed by atoms with Crippen LogP contribution in [-0.2, 0) is 56.8 Å². The third-order valence-corrected chi connectivity index (χ3v) is 6.52. The van der Waals surface area contributed by atoms with Crippen molar-refractivity contribution in [2.75, 3.05) is 177 Å². The Labute approximate surface area is 286 Å². The fourth-order valence-electron chi connectivity index (χ4n) is 3.35. The highest BCUT2D eigenvalue weighted by atomic mass is 127. The highest BCUT2D eigenvalue weighted by Gasteiger charge is 1.97. The van der Waals surface area contributed by atoms with Crippen molar-refractivity contribution in [1.29, 1.82) is 0 Å². The Bertz CT molecular complexity index is 475. The number of hydrogen-bond acceptors (Lipinski definition) is 13. The van der Waals surface area contributed by atoms with E-state index < -0.39 is 0 Å². The van der Waals surface area contributed by atoms with Crippen LogP contribution in [0.4, 0.5) is 0 Å². The Hall–Kier alpha value is 0.210. The normalized spacial score (nSPS) is 11.6. The first-order valence-corrected chi connectivity index (χ1v) is 18.1. The number of hydrogen-bond donors (Lipinski definition) is 1. The molecule has 0 fully saturated rings. The van der Waals surface area contributed by atoms with Crippen molar-refractivity contribution in [3.63, 3.8) is 0 Å². The predicted molar refractivity (Wildman–Crippen MR) is 181 cm³/mol. The molecule has 0 aromatic heterocycles. The summed E-state index contributed by atoms with van der Waals surface area (Å²) in [5.41, 5.74) is 0. The minimum Gasteiger partial charge on any atom is -0.379 e. The van der Waals surface area contributed by atoms with Gasteiger partial charge in [-0.1, -0.05) is 35.4 Å². The molecule has 0 aromatic rings. The molecule has 0 aliphatic carbocycles. The van der Waals surface area contributed by atoms with Gasteiger partial charge in [-0.15, -0.1) is 0 Å². The molecule has 0 radical (unpaired) electrons. The zero-order valence-corrected chi connectivity index (χ0v) is 30.1. The van der Waals surface area contributed by atoms with Crippen molar-refractivity contribution >= 4 is 22.6 Å². The molecule has 45 heavy (non-hydrogen) atoms. The standard InChI is InChI=1S/C31H64INO12/c1-33-7-9-35-11-13-37-15-17-39-19-21-41-23-25-43-27-29-45-31-30-44-28-26-42-24-22-40-20-18-38-16-14-36-12-10-34-8-5-3-2-4-6-32/h33H,2-31H2,1H3. The summed E-state index contributed by atoms with van der Waals surface area (Å²) in [7, 11) is 1.90. The Morgan fingerprint density at radius 1 is 0.289 bits per heavy atom. The maximum Gasteiger partial charge on any atom is 0.0701 e. The number of unbranched alkanes of at least 4 members (excludes halogenated alkanes) is 3. The summed E-state index contributed by atoms with van der Waals surface area (Å²) >= 11 is 2.42. The van der Waals surface area contributed by atoms with E-state index in [0.29, 0.717) is 152 Å². The van der Waals surface area contributed by atoms with E-state index in [1.807, 2.05) is 7.05 Å². The molecule has 0 saturated heterocycles. The summed E-state index contributed by atoms with van der Waals surface area (Å²) in [5, 5.41) is 3.02. The van der Waals surface area contributed by atoms with Crippen LogP contribution in [0.2, 0.25) is 0 Å². The number of halogens is 1. The highest BCUT2D eigenvalue weighted by Crippen LogP contribution is 2.02. The molecule has 0 unspecified atom stereocenters. The van der Waals surface area contributed by atoms with Crippen molar-refractivity contribution in [3.05, 3.63) is 0 Å². The molecule has 0 aromatic carbocycles. The Balaban J connectivity index is 3.03. The Morgan fingerprint density at radius 3 is 0.756 bits per heavy atom. The summed E-state index contributed by atoms with van der Waals surface area (Å²) in [6.07, 6.45) is 4.98. The van der Waals surface area contributed by atoms with Crippen LogP contribution in [0.1, 0.15) is 25.7 Å². The fraction of sp³-hybridized carbons (Fsp3) is 1.00. The van der Waals surface area contributed by atoms with Crippen LogP contribution in [0, 0.1) is 0 Å². The molecule has 14 heteroatoms. The van der Waals surface area contributed by atoms with E-state index in [2.05, 4.69) is 27.9 Å². The average Bonchev–Trinajstić information content (AvgIpc) is 3.05. The average molecular weight is 770 g/mol. The maximum absolute atomic E-state index is 5.56. The topological polar surface area (TPSA) is 123 Å². The van der Waals surface area contributed by atoms with Crippen molar-refractivity contribution in [1.82, 2.24) is 5.32 Å². The Morgan fingerprint density at radius 2 is 0.511 bits per heavy atom. The molecule has 0 bridgehead atoms. The largest absolute Gasteiger partial charge is 0.379 e. The van der Waals surface area contributed by atoms with E-state index in [1.54, 1.807) is 0 Å². The van der Waals surface area contributed by atoms with Crippen LogP contribution in [0.3, 0.4) is 0 Å². The van der Waals surface area contributed by atoms with Gasteiger partial charge in [-0.05, 0) is 24.3 Å². The van der Waals surface area contributed by atoms with Crippen molar-refractivity contribution < 1.29 is 56.8 Å². The van der Waals surface area contributed by atoms with E-state index >= 15 is 0 Å². The first kappa shape index (κ1) is 45.2. The van der Waals surface area contributed by atoms with E-state index in [9.17, 15) is 0 Å². The molecule has 272 valence electrons. The lowest BCUT2D eigenvalue weighted by molar-refractivity contribution is -0.0283. The van der Waals surface area contributed by atoms with Crippen LogP contribution in [-0.4, -0.2) is 177 Å². The van der Waals surface area contributed by atoms with E-state index in [1.165, 1.54) is 23.7 Å². The number of rotatable bonds is 42. The molecule has 0 saturated carbocycles. The first-order valence-electron chi connectivity index (χ1n) is 16.5. The van der Waals surface area contributed by atoms with Crippen molar-refractivity contribution in [3.8, 4) is 0 Å². The molecule has 0 heterocycles. The maximum atomic E-state index is 5.56. The zero-order chi connectivity index (χ0) is 32.4. The summed E-state index contributed by atoms with van der Waals surface area (Å²) < 4.78 is 66.9. The lowest BCUT2D eigenvalue weighted by atomic mass is 10.2. The molecular formula is C31H64INO12. The van der Waals surface area contributed by atoms with Gasteiger partial charge in [-0.2, -0.15) is 0 Å². The highest BCUT2D eigenvalue weighted by molar-refractivity contribution is 14.1. The second-order valence-corrected chi connectivity index (χ2v) is 10.6. The summed E-state index contributed by atoms with van der Waals surface area (Å²) in [6.45, 7) is 14.4. The SMILES string of the molecule is CNCCOCCOCCOCCOCCOCCOCCOCCOCCOCCOCCOCCOCCCCCCI. The third kappa shape index (κ3) is 44.2. The summed E-state index contributed by atoms with van der Waals surface area (Å²) in [6, 6.07) is 0. The zero-order valence-electron chi connectivity index (χ0n) is 28.0. The lowest BCUT2D eigenvalue weighted by Crippen LogP contribution is -2.17. The van der Waals surface area contributed by atoms with Crippen molar-refractivity contribution in [2.24, 2.45) is 0 Å². The number of nitrogens with one attached hydrogen (secondary N) is 1. The molecular weight excluding hydrogens is 705 g/mol. The fourth-order valence-corrected chi connectivity index (χ4v) is 3.89. The smallest absolute Gasteiger partial charge is 0.0701 e.